The van der Waals surface area contributed by atoms with Crippen LogP contribution in [0.5, 0.6) is 0 Å². The third-order valence-corrected chi connectivity index (χ3v) is 6.16. The van der Waals surface area contributed by atoms with Gasteiger partial charge in [0.05, 0.1) is 11.5 Å². The highest BCUT2D eigenvalue weighted by Crippen LogP contribution is 2.24. The molecular formula is C20H20N4O2S. The number of nitrogens with zero attached hydrogens (tertiary/aromatic N) is 2. The molecule has 1 atom stereocenters. The molecule has 27 heavy (non-hydrogen) atoms. The van der Waals surface area contributed by atoms with Crippen LogP contribution in [0.2, 0.25) is 0 Å². The summed E-state index contributed by atoms with van der Waals surface area (Å²) in [6, 6.07) is 21.2. The topological polar surface area (TPSA) is 84.0 Å². The fraction of sp³-hybridized carbons (Fsp3) is 0.200. The molecule has 1 saturated heterocycles. The van der Waals surface area contributed by atoms with E-state index < -0.39 is 9.84 Å². The Kier molecular flexibility index (Phi) is 4.77. The standard InChI is InChI=1S/C20H20N4O2S/c25-27(26)12-11-17(14-27)22-19-13-18(21-16-9-5-2-6-10-16)23-20(24-19)15-7-3-1-4-8-15/h1-10,13,17H,11-12,14H2,(H2,21,22,23,24). The number of anilines is 3. The van der Waals surface area contributed by atoms with Gasteiger partial charge in [0.1, 0.15) is 11.6 Å². The van der Waals surface area contributed by atoms with Crippen LogP contribution in [0.4, 0.5) is 17.3 Å². The molecule has 2 heterocycles. The molecular weight excluding hydrogens is 360 g/mol. The van der Waals surface area contributed by atoms with Crippen LogP contribution in [0.15, 0.2) is 66.7 Å². The molecule has 2 N–H and O–H groups in total. The zero-order chi connectivity index (χ0) is 18.7. The van der Waals surface area contributed by atoms with E-state index in [1.807, 2.05) is 66.7 Å². The van der Waals surface area contributed by atoms with Crippen molar-refractivity contribution in [1.29, 1.82) is 0 Å². The van der Waals surface area contributed by atoms with E-state index in [-0.39, 0.29) is 17.5 Å². The smallest absolute Gasteiger partial charge is 0.163 e. The molecule has 138 valence electrons. The zero-order valence-corrected chi connectivity index (χ0v) is 15.5. The van der Waals surface area contributed by atoms with Crippen molar-refractivity contribution in [2.75, 3.05) is 22.1 Å². The van der Waals surface area contributed by atoms with Crippen molar-refractivity contribution >= 4 is 27.2 Å². The van der Waals surface area contributed by atoms with E-state index in [0.29, 0.717) is 23.9 Å². The Labute approximate surface area is 158 Å². The molecule has 1 unspecified atom stereocenters. The third kappa shape index (κ3) is 4.43. The molecule has 4 rings (SSSR count). The zero-order valence-electron chi connectivity index (χ0n) is 14.7. The van der Waals surface area contributed by atoms with E-state index in [0.717, 1.165) is 11.3 Å². The van der Waals surface area contributed by atoms with Crippen LogP contribution in [-0.4, -0.2) is 35.9 Å². The summed E-state index contributed by atoms with van der Waals surface area (Å²) in [6.07, 6.45) is 0.592. The van der Waals surface area contributed by atoms with E-state index in [1.54, 1.807) is 0 Å². The molecule has 0 amide bonds. The van der Waals surface area contributed by atoms with Crippen molar-refractivity contribution in [1.82, 2.24) is 9.97 Å². The lowest BCUT2D eigenvalue weighted by atomic mass is 10.2. The number of sulfone groups is 1. The normalized spacial score (nSPS) is 18.1. The minimum Gasteiger partial charge on any atom is -0.366 e. The molecule has 2 aromatic carbocycles. The summed E-state index contributed by atoms with van der Waals surface area (Å²) in [5.41, 5.74) is 1.82. The van der Waals surface area contributed by atoms with Gasteiger partial charge < -0.3 is 10.6 Å². The van der Waals surface area contributed by atoms with Crippen molar-refractivity contribution < 1.29 is 8.42 Å². The Morgan fingerprint density at radius 3 is 2.22 bits per heavy atom. The second-order valence-electron chi connectivity index (χ2n) is 6.56. The molecule has 0 aliphatic carbocycles. The summed E-state index contributed by atoms with van der Waals surface area (Å²) in [6.45, 7) is 0. The van der Waals surface area contributed by atoms with Gasteiger partial charge in [-0.15, -0.1) is 0 Å². The van der Waals surface area contributed by atoms with Crippen LogP contribution in [0.3, 0.4) is 0 Å². The van der Waals surface area contributed by atoms with E-state index in [2.05, 4.69) is 20.6 Å². The van der Waals surface area contributed by atoms with Gasteiger partial charge in [-0.1, -0.05) is 48.5 Å². The minimum absolute atomic E-state index is 0.127. The lowest BCUT2D eigenvalue weighted by Gasteiger charge is -2.15. The van der Waals surface area contributed by atoms with Crippen LogP contribution in [-0.2, 0) is 9.84 Å². The van der Waals surface area contributed by atoms with E-state index in [1.165, 1.54) is 0 Å². The van der Waals surface area contributed by atoms with Gasteiger partial charge in [0.2, 0.25) is 0 Å². The first kappa shape index (κ1) is 17.5. The van der Waals surface area contributed by atoms with Crippen molar-refractivity contribution in [3.63, 3.8) is 0 Å². The van der Waals surface area contributed by atoms with Crippen LogP contribution >= 0.6 is 0 Å². The summed E-state index contributed by atoms with van der Waals surface area (Å²) in [5.74, 6) is 2.21. The van der Waals surface area contributed by atoms with Crippen LogP contribution in [0, 0.1) is 0 Å². The van der Waals surface area contributed by atoms with Gasteiger partial charge in [-0.25, -0.2) is 18.4 Å². The molecule has 3 aromatic rings. The summed E-state index contributed by atoms with van der Waals surface area (Å²) < 4.78 is 23.5. The molecule has 0 radical (unpaired) electrons. The Morgan fingerprint density at radius 1 is 0.889 bits per heavy atom. The second-order valence-corrected chi connectivity index (χ2v) is 8.79. The predicted molar refractivity (Wildman–Crippen MR) is 108 cm³/mol. The van der Waals surface area contributed by atoms with E-state index >= 15 is 0 Å². The maximum Gasteiger partial charge on any atom is 0.163 e. The number of aromatic nitrogens is 2. The van der Waals surface area contributed by atoms with Gasteiger partial charge in [-0.05, 0) is 18.6 Å². The molecule has 1 aliphatic rings. The van der Waals surface area contributed by atoms with Gasteiger partial charge in [0.25, 0.3) is 0 Å². The Morgan fingerprint density at radius 2 is 1.56 bits per heavy atom. The summed E-state index contributed by atoms with van der Waals surface area (Å²) in [7, 11) is -2.96. The Bertz CT molecular complexity index is 1020. The summed E-state index contributed by atoms with van der Waals surface area (Å²) in [4.78, 5) is 9.22. The molecule has 1 aliphatic heterocycles. The van der Waals surface area contributed by atoms with Crippen LogP contribution in [0.1, 0.15) is 6.42 Å². The van der Waals surface area contributed by atoms with Crippen LogP contribution < -0.4 is 10.6 Å². The maximum atomic E-state index is 11.7. The SMILES string of the molecule is O=S1(=O)CCC(Nc2cc(Nc3ccccc3)nc(-c3ccccc3)n2)C1. The van der Waals surface area contributed by atoms with E-state index in [4.69, 9.17) is 0 Å². The Balaban J connectivity index is 1.66. The van der Waals surface area contributed by atoms with Crippen molar-refractivity contribution in [3.8, 4) is 11.4 Å². The molecule has 0 saturated carbocycles. The van der Waals surface area contributed by atoms with Crippen molar-refractivity contribution in [3.05, 3.63) is 66.7 Å². The minimum atomic E-state index is -2.96. The largest absolute Gasteiger partial charge is 0.366 e. The first-order valence-corrected chi connectivity index (χ1v) is 10.6. The summed E-state index contributed by atoms with van der Waals surface area (Å²) >= 11 is 0. The van der Waals surface area contributed by atoms with Crippen molar-refractivity contribution in [2.45, 2.75) is 12.5 Å². The third-order valence-electron chi connectivity index (χ3n) is 4.39. The molecule has 7 heteroatoms. The lowest BCUT2D eigenvalue weighted by molar-refractivity contribution is 0.602. The first-order valence-electron chi connectivity index (χ1n) is 8.81. The molecule has 0 bridgehead atoms. The van der Waals surface area contributed by atoms with Crippen molar-refractivity contribution in [2.24, 2.45) is 0 Å². The molecule has 1 fully saturated rings. The average Bonchev–Trinajstić information content (AvgIpc) is 3.01. The van der Waals surface area contributed by atoms with Gasteiger partial charge in [-0.3, -0.25) is 0 Å². The number of para-hydroxylation sites is 1. The first-order chi connectivity index (χ1) is 13.1. The molecule has 1 aromatic heterocycles. The number of rotatable bonds is 5. The number of nitrogens with one attached hydrogen (secondary N) is 2. The van der Waals surface area contributed by atoms with Gasteiger partial charge >= 0.3 is 0 Å². The fourth-order valence-electron chi connectivity index (χ4n) is 3.09. The van der Waals surface area contributed by atoms with Crippen LogP contribution in [0.25, 0.3) is 11.4 Å². The summed E-state index contributed by atoms with van der Waals surface area (Å²) in [5, 5.41) is 6.55. The van der Waals surface area contributed by atoms with Gasteiger partial charge in [0.15, 0.2) is 15.7 Å². The van der Waals surface area contributed by atoms with E-state index in [9.17, 15) is 8.42 Å². The van der Waals surface area contributed by atoms with Gasteiger partial charge in [-0.2, -0.15) is 0 Å². The lowest BCUT2D eigenvalue weighted by Crippen LogP contribution is -2.21. The highest BCUT2D eigenvalue weighted by atomic mass is 32.2. The van der Waals surface area contributed by atoms with Gasteiger partial charge in [0, 0.05) is 23.4 Å². The Hall–Kier alpha value is -2.93. The highest BCUT2D eigenvalue weighted by molar-refractivity contribution is 7.91. The number of hydrogen-bond acceptors (Lipinski definition) is 6. The fourth-order valence-corrected chi connectivity index (χ4v) is 4.76. The monoisotopic (exact) mass is 380 g/mol. The predicted octanol–water partition coefficient (Wildman–Crippen LogP) is 3.49. The highest BCUT2D eigenvalue weighted by Gasteiger charge is 2.28. The molecule has 0 spiro atoms. The number of benzene rings is 2. The average molecular weight is 380 g/mol. The maximum absolute atomic E-state index is 11.7. The second kappa shape index (κ2) is 7.36. The quantitative estimate of drug-likeness (QED) is 0.705. The number of hydrogen-bond donors (Lipinski definition) is 2. The molecule has 6 nitrogen and oxygen atoms in total.